The molecule has 1 aliphatic heterocycles. The smallest absolute Gasteiger partial charge is 0.204 e. The van der Waals surface area contributed by atoms with Crippen LogP contribution in [0.2, 0.25) is 0 Å². The van der Waals surface area contributed by atoms with Gasteiger partial charge in [-0.3, -0.25) is 0 Å². The summed E-state index contributed by atoms with van der Waals surface area (Å²) in [4.78, 5) is 11.0. The van der Waals surface area contributed by atoms with E-state index in [1.54, 1.807) is 13.4 Å². The van der Waals surface area contributed by atoms with Gasteiger partial charge in [0.05, 0.1) is 7.11 Å². The largest absolute Gasteiger partial charge is 0.490 e. The molecular formula is C13H22N4O. The van der Waals surface area contributed by atoms with Crippen LogP contribution in [0.15, 0.2) is 6.33 Å². The summed E-state index contributed by atoms with van der Waals surface area (Å²) < 4.78 is 5.51. The first-order valence-corrected chi connectivity index (χ1v) is 6.67. The van der Waals surface area contributed by atoms with Crippen molar-refractivity contribution in [3.63, 3.8) is 0 Å². The van der Waals surface area contributed by atoms with Crippen LogP contribution in [0.25, 0.3) is 0 Å². The fourth-order valence-corrected chi connectivity index (χ4v) is 2.37. The summed E-state index contributed by atoms with van der Waals surface area (Å²) in [5.74, 6) is 2.47. The number of nitrogens with zero attached hydrogens (tertiary/aromatic N) is 3. The van der Waals surface area contributed by atoms with Crippen LogP contribution in [-0.4, -0.2) is 36.2 Å². The Kier molecular flexibility index (Phi) is 4.23. The Morgan fingerprint density at radius 1 is 1.50 bits per heavy atom. The van der Waals surface area contributed by atoms with Crippen molar-refractivity contribution in [2.24, 2.45) is 0 Å². The molecule has 1 aromatic heterocycles. The minimum atomic E-state index is 0.521. The van der Waals surface area contributed by atoms with Gasteiger partial charge in [0.2, 0.25) is 5.75 Å². The lowest BCUT2D eigenvalue weighted by Crippen LogP contribution is -2.28. The second-order valence-electron chi connectivity index (χ2n) is 4.69. The molecule has 5 nitrogen and oxygen atoms in total. The minimum Gasteiger partial charge on any atom is -0.490 e. The highest BCUT2D eigenvalue weighted by Crippen LogP contribution is 2.35. The Bertz CT molecular complexity index is 397. The first-order chi connectivity index (χ1) is 8.77. The molecule has 1 N–H and O–H groups in total. The van der Waals surface area contributed by atoms with Crippen LogP contribution in [0.4, 0.5) is 11.6 Å². The van der Waals surface area contributed by atoms with E-state index in [0.29, 0.717) is 6.04 Å². The highest BCUT2D eigenvalue weighted by atomic mass is 16.5. The maximum atomic E-state index is 5.51. The zero-order chi connectivity index (χ0) is 13.0. The van der Waals surface area contributed by atoms with Crippen LogP contribution in [0.3, 0.4) is 0 Å². The normalized spacial score (nSPS) is 19.1. The van der Waals surface area contributed by atoms with E-state index in [0.717, 1.165) is 36.9 Å². The third kappa shape index (κ3) is 2.49. The predicted octanol–water partition coefficient (Wildman–Crippen LogP) is 2.30. The third-order valence-electron chi connectivity index (χ3n) is 3.36. The van der Waals surface area contributed by atoms with E-state index in [2.05, 4.69) is 34.0 Å². The van der Waals surface area contributed by atoms with Gasteiger partial charge >= 0.3 is 0 Å². The summed E-state index contributed by atoms with van der Waals surface area (Å²) in [5, 5.41) is 3.29. The Morgan fingerprint density at radius 2 is 2.33 bits per heavy atom. The van der Waals surface area contributed by atoms with Gasteiger partial charge in [0.25, 0.3) is 0 Å². The van der Waals surface area contributed by atoms with Crippen LogP contribution in [-0.2, 0) is 0 Å². The Labute approximate surface area is 109 Å². The van der Waals surface area contributed by atoms with Crippen molar-refractivity contribution in [1.82, 2.24) is 9.97 Å². The number of aromatic nitrogens is 2. The molecular weight excluding hydrogens is 228 g/mol. The lowest BCUT2D eigenvalue weighted by molar-refractivity contribution is 0.411. The Balaban J connectivity index is 2.28. The van der Waals surface area contributed by atoms with E-state index < -0.39 is 0 Å². The maximum absolute atomic E-state index is 5.51. The SMILES string of the molecule is CCCNc1ncnc(N2CCCC2C)c1OC. The molecule has 1 atom stereocenters. The molecule has 0 aromatic carbocycles. The molecule has 1 unspecified atom stereocenters. The third-order valence-corrected chi connectivity index (χ3v) is 3.36. The van der Waals surface area contributed by atoms with Gasteiger partial charge in [-0.2, -0.15) is 0 Å². The fraction of sp³-hybridized carbons (Fsp3) is 0.692. The topological polar surface area (TPSA) is 50.3 Å². The zero-order valence-electron chi connectivity index (χ0n) is 11.4. The van der Waals surface area contributed by atoms with Crippen molar-refractivity contribution in [1.29, 1.82) is 0 Å². The molecule has 1 saturated heterocycles. The first kappa shape index (κ1) is 12.9. The van der Waals surface area contributed by atoms with E-state index >= 15 is 0 Å². The molecule has 1 aromatic rings. The molecule has 0 spiro atoms. The fourth-order valence-electron chi connectivity index (χ4n) is 2.37. The average Bonchev–Trinajstić information content (AvgIpc) is 2.81. The molecule has 0 aliphatic carbocycles. The van der Waals surface area contributed by atoms with Crippen molar-refractivity contribution in [3.05, 3.63) is 6.33 Å². The monoisotopic (exact) mass is 250 g/mol. The first-order valence-electron chi connectivity index (χ1n) is 6.67. The quantitative estimate of drug-likeness (QED) is 0.869. The molecule has 2 heterocycles. The van der Waals surface area contributed by atoms with Crippen molar-refractivity contribution >= 4 is 11.6 Å². The van der Waals surface area contributed by atoms with Gasteiger partial charge in [0.15, 0.2) is 11.6 Å². The van der Waals surface area contributed by atoms with Gasteiger partial charge in [0, 0.05) is 19.1 Å². The summed E-state index contributed by atoms with van der Waals surface area (Å²) in [5.41, 5.74) is 0. The number of hydrogen-bond acceptors (Lipinski definition) is 5. The van der Waals surface area contributed by atoms with Crippen molar-refractivity contribution in [2.45, 2.75) is 39.2 Å². The maximum Gasteiger partial charge on any atom is 0.204 e. The van der Waals surface area contributed by atoms with E-state index in [9.17, 15) is 0 Å². The second kappa shape index (κ2) is 5.89. The standard InChI is InChI=1S/C13H22N4O/c1-4-7-14-12-11(18-3)13(16-9-15-12)17-8-5-6-10(17)2/h9-10H,4-8H2,1-3H3,(H,14,15,16). The minimum absolute atomic E-state index is 0.521. The summed E-state index contributed by atoms with van der Waals surface area (Å²) in [7, 11) is 1.68. The molecule has 0 bridgehead atoms. The molecule has 0 saturated carbocycles. The van der Waals surface area contributed by atoms with E-state index in [1.165, 1.54) is 12.8 Å². The van der Waals surface area contributed by atoms with Gasteiger partial charge in [-0.25, -0.2) is 9.97 Å². The molecule has 1 fully saturated rings. The van der Waals surface area contributed by atoms with E-state index in [-0.39, 0.29) is 0 Å². The van der Waals surface area contributed by atoms with Crippen LogP contribution in [0, 0.1) is 0 Å². The van der Waals surface area contributed by atoms with Gasteiger partial charge in [0.1, 0.15) is 6.33 Å². The highest BCUT2D eigenvalue weighted by Gasteiger charge is 2.26. The van der Waals surface area contributed by atoms with Crippen molar-refractivity contribution < 1.29 is 4.74 Å². The number of ether oxygens (including phenoxy) is 1. The second-order valence-corrected chi connectivity index (χ2v) is 4.69. The summed E-state index contributed by atoms with van der Waals surface area (Å²) in [6.07, 6.45) is 5.10. The number of anilines is 2. The number of methoxy groups -OCH3 is 1. The van der Waals surface area contributed by atoms with Crippen molar-refractivity contribution in [2.75, 3.05) is 30.4 Å². The van der Waals surface area contributed by atoms with Crippen LogP contribution in [0.5, 0.6) is 5.75 Å². The molecule has 5 heteroatoms. The van der Waals surface area contributed by atoms with E-state index in [4.69, 9.17) is 4.74 Å². The Hall–Kier alpha value is -1.52. The van der Waals surface area contributed by atoms with E-state index in [1.807, 2.05) is 0 Å². The number of nitrogens with one attached hydrogen (secondary N) is 1. The van der Waals surface area contributed by atoms with Crippen LogP contribution in [0.1, 0.15) is 33.1 Å². The van der Waals surface area contributed by atoms with Gasteiger partial charge in [-0.05, 0) is 26.2 Å². The highest BCUT2D eigenvalue weighted by molar-refractivity contribution is 5.65. The lowest BCUT2D eigenvalue weighted by Gasteiger charge is -2.25. The summed E-state index contributed by atoms with van der Waals surface area (Å²) in [6.45, 7) is 6.29. The van der Waals surface area contributed by atoms with Gasteiger partial charge in [-0.15, -0.1) is 0 Å². The number of hydrogen-bond donors (Lipinski definition) is 1. The molecule has 0 amide bonds. The number of rotatable bonds is 5. The zero-order valence-corrected chi connectivity index (χ0v) is 11.4. The average molecular weight is 250 g/mol. The van der Waals surface area contributed by atoms with Crippen molar-refractivity contribution in [3.8, 4) is 5.75 Å². The molecule has 2 rings (SSSR count). The molecule has 18 heavy (non-hydrogen) atoms. The van der Waals surface area contributed by atoms with Gasteiger partial charge < -0.3 is 15.0 Å². The summed E-state index contributed by atoms with van der Waals surface area (Å²) in [6, 6.07) is 0.521. The van der Waals surface area contributed by atoms with Gasteiger partial charge in [-0.1, -0.05) is 6.92 Å². The molecule has 1 aliphatic rings. The summed E-state index contributed by atoms with van der Waals surface area (Å²) >= 11 is 0. The van der Waals surface area contributed by atoms with Crippen LogP contribution < -0.4 is 15.0 Å². The van der Waals surface area contributed by atoms with Crippen LogP contribution >= 0.6 is 0 Å². The molecule has 0 radical (unpaired) electrons. The Morgan fingerprint density at radius 3 is 2.94 bits per heavy atom. The predicted molar refractivity (Wildman–Crippen MR) is 73.4 cm³/mol. The molecule has 100 valence electrons. The lowest BCUT2D eigenvalue weighted by atomic mass is 10.2.